The highest BCUT2D eigenvalue weighted by Gasteiger charge is 2.52. The van der Waals surface area contributed by atoms with Crippen LogP contribution >= 0.6 is 0 Å². The molecule has 0 saturated carbocycles. The highest BCUT2D eigenvalue weighted by Crippen LogP contribution is 2.29. The number of β-amino-alcohol motifs (C(OH)–C–C–N with tert-alkyl or cyclic N) is 2. The Balaban J connectivity index is 1.18. The summed E-state index contributed by atoms with van der Waals surface area (Å²) in [7, 11) is 0. The van der Waals surface area contributed by atoms with Crippen molar-refractivity contribution in [3.05, 3.63) is 71.8 Å². The van der Waals surface area contributed by atoms with E-state index in [1.807, 2.05) is 30.3 Å². The smallest absolute Gasteiger partial charge is 0.248 e. The van der Waals surface area contributed by atoms with E-state index in [4.69, 9.17) is 5.73 Å². The van der Waals surface area contributed by atoms with Crippen molar-refractivity contribution >= 4 is 100 Å². The Morgan fingerprint density at radius 2 is 0.891 bits per heavy atom. The number of carbonyl (C=O) groups excluding carboxylic acids is 17. The van der Waals surface area contributed by atoms with Gasteiger partial charge in [-0.1, -0.05) is 88.4 Å². The van der Waals surface area contributed by atoms with Gasteiger partial charge in [0.15, 0.2) is 0 Å². The minimum absolute atomic E-state index is 0.00834. The second kappa shape index (κ2) is 40.8. The van der Waals surface area contributed by atoms with E-state index in [-0.39, 0.29) is 64.1 Å². The average molecular weight is 1670 g/mol. The predicted octanol–water partition coefficient (Wildman–Crippen LogP) is -2.30. The van der Waals surface area contributed by atoms with E-state index in [0.717, 1.165) is 20.9 Å². The normalized spacial score (nSPS) is 19.1. The fourth-order valence-electron chi connectivity index (χ4n) is 13.9. The Morgan fingerprint density at radius 1 is 0.462 bits per heavy atom. The molecule has 3 saturated heterocycles. The molecule has 0 radical (unpaired) electrons. The van der Waals surface area contributed by atoms with Gasteiger partial charge in [0, 0.05) is 52.2 Å². The molecule has 2 aromatic carbocycles. The van der Waals surface area contributed by atoms with Gasteiger partial charge in [0.2, 0.25) is 100 Å². The summed E-state index contributed by atoms with van der Waals surface area (Å²) in [5, 5.41) is 66.2. The Morgan fingerprint density at radius 3 is 1.37 bits per heavy atom. The quantitative estimate of drug-likeness (QED) is 0.0334. The Kier molecular flexibility index (Phi) is 33.9. The standard InChI is InChI=1S/C82H127N17O20/c1-20-81(18,96-70(115)78(12,13)94-69(114)77(10,11)93-67(112)75(6,7)90-63(108)55(85-47(5)101)39-49-31-26-23-27-32-49)71(116)84-42-60(105)87-54(37-46(3)4)62(107)89-76(8,9)68(113)95-80(16,17)73(118)98-43-51(102)40-57(98)65(110)88-53(34-35-59(83)104)61(106)92-82(19,21-2)74(119)99-44-52(103)41-58(99)66(111)91-79(14,15)72(117)97-36-28-33-56(97)64(109)86-50(45-100)38-48-29-24-22-25-30-48/h22-27,29-32,46,50-58,100,102-103H,20-21,28,33-45H2,1-19H3,(H2,83,104)(H,84,116)(H,85,101)(H,86,109)(H,87,105)(H,88,110)(H,89,107)(H,90,108)(H,91,111)(H,92,106)(H,93,112)(H,94,114)(H,95,113)(H,96,115)/t50-,51+,52+,53-,54-,55-,56-,57-,58-,81+,82+/m0/s1. The van der Waals surface area contributed by atoms with Crippen molar-refractivity contribution in [2.75, 3.05) is 32.8 Å². The van der Waals surface area contributed by atoms with E-state index >= 15 is 0 Å². The molecule has 3 fully saturated rings. The lowest BCUT2D eigenvalue weighted by molar-refractivity contribution is -0.149. The summed E-state index contributed by atoms with van der Waals surface area (Å²) in [6.45, 7) is 25.2. The zero-order chi connectivity index (χ0) is 90.1. The van der Waals surface area contributed by atoms with Crippen molar-refractivity contribution in [3.63, 3.8) is 0 Å². The number of likely N-dealkylation sites (tertiary alicyclic amines) is 3. The molecule has 37 heteroatoms. The summed E-state index contributed by atoms with van der Waals surface area (Å²) in [6, 6.07) is 9.58. The first-order chi connectivity index (χ1) is 55.0. The second-order valence-corrected chi connectivity index (χ2v) is 35.3. The average Bonchev–Trinajstić information content (AvgIpc) is 1.70. The lowest BCUT2D eigenvalue weighted by Gasteiger charge is -2.38. The molecule has 3 aliphatic rings. The number of amides is 17. The maximum absolute atomic E-state index is 14.8. The van der Waals surface area contributed by atoms with Gasteiger partial charge in [0.1, 0.15) is 80.6 Å². The number of aliphatic hydroxyl groups excluding tert-OH is 3. The van der Waals surface area contributed by atoms with E-state index in [2.05, 4.69) is 69.1 Å². The Hall–Kier alpha value is -10.7. The summed E-state index contributed by atoms with van der Waals surface area (Å²) >= 11 is 0. The summed E-state index contributed by atoms with van der Waals surface area (Å²) in [6.07, 6.45) is -3.11. The third-order valence-electron chi connectivity index (χ3n) is 21.6. The molecule has 0 unspecified atom stereocenters. The first kappa shape index (κ1) is 98.9. The maximum atomic E-state index is 14.8. The first-order valence-corrected chi connectivity index (χ1v) is 40.3. The molecule has 0 bridgehead atoms. The number of nitrogens with two attached hydrogens (primary N) is 1. The van der Waals surface area contributed by atoms with E-state index in [1.165, 1.54) is 109 Å². The first-order valence-electron chi connectivity index (χ1n) is 40.3. The molecule has 660 valence electrons. The van der Waals surface area contributed by atoms with E-state index in [0.29, 0.717) is 19.3 Å². The highest BCUT2D eigenvalue weighted by molar-refractivity contribution is 6.04. The van der Waals surface area contributed by atoms with Gasteiger partial charge in [-0.2, -0.15) is 0 Å². The molecule has 3 heterocycles. The molecule has 0 aromatic heterocycles. The number of aliphatic hydroxyl groups is 3. The van der Waals surface area contributed by atoms with Crippen molar-refractivity contribution in [1.29, 1.82) is 0 Å². The summed E-state index contributed by atoms with van der Waals surface area (Å²) in [5.74, 6) is -14.0. The van der Waals surface area contributed by atoms with Crippen LogP contribution in [0.15, 0.2) is 60.7 Å². The minimum atomic E-state index is -1.91. The number of carbonyl (C=O) groups is 17. The number of benzene rings is 2. The molecule has 18 N–H and O–H groups in total. The Labute approximate surface area is 695 Å². The second-order valence-electron chi connectivity index (χ2n) is 35.3. The van der Waals surface area contributed by atoms with Crippen LogP contribution in [0.25, 0.3) is 0 Å². The fourth-order valence-corrected chi connectivity index (χ4v) is 13.9. The monoisotopic (exact) mass is 1670 g/mol. The fraction of sp³-hybridized carbons (Fsp3) is 0.646. The largest absolute Gasteiger partial charge is 0.394 e. The Bertz CT molecular complexity index is 4080. The van der Waals surface area contributed by atoms with Gasteiger partial charge in [0.05, 0.1) is 31.4 Å². The van der Waals surface area contributed by atoms with Gasteiger partial charge in [-0.15, -0.1) is 0 Å². The van der Waals surface area contributed by atoms with Crippen LogP contribution in [0.4, 0.5) is 0 Å². The van der Waals surface area contributed by atoms with Crippen molar-refractivity contribution in [3.8, 4) is 0 Å². The SMILES string of the molecule is CC[C@@](C)(NC(=O)C(C)(C)NC(=O)C(C)(C)NC(=O)C(C)(C)NC(=O)[C@H](Cc1ccccc1)NC(C)=O)C(=O)NCC(=O)N[C@@H](CC(C)C)C(=O)NC(C)(C)C(=O)NC(C)(C)C(=O)N1C[C@H](O)C[C@H]1C(=O)N[C@@H](CCC(N)=O)C(=O)N[C@](C)(CC)C(=O)N1C[C@H](O)C[C@H]1C(=O)NC(C)(C)C(=O)N1CCC[C@H]1C(=O)N[C@H](CO)Cc1ccccc1. The summed E-state index contributed by atoms with van der Waals surface area (Å²) in [4.78, 5) is 240. The summed E-state index contributed by atoms with van der Waals surface area (Å²) < 4.78 is 0. The van der Waals surface area contributed by atoms with E-state index in [9.17, 15) is 96.8 Å². The third kappa shape index (κ3) is 27.2. The van der Waals surface area contributed by atoms with Crippen LogP contribution in [0.5, 0.6) is 0 Å². The molecular weight excluding hydrogens is 1540 g/mol. The van der Waals surface area contributed by atoms with Crippen LogP contribution in [0, 0.1) is 5.92 Å². The van der Waals surface area contributed by atoms with Crippen molar-refractivity contribution in [1.82, 2.24) is 83.8 Å². The molecule has 3 aliphatic heterocycles. The molecule has 5 rings (SSSR count). The third-order valence-corrected chi connectivity index (χ3v) is 21.6. The van der Waals surface area contributed by atoms with Crippen molar-refractivity contribution in [2.45, 2.75) is 301 Å². The van der Waals surface area contributed by atoms with Crippen LogP contribution in [0.2, 0.25) is 0 Å². The van der Waals surface area contributed by atoms with Gasteiger partial charge in [-0.05, 0) is 159 Å². The molecule has 119 heavy (non-hydrogen) atoms. The zero-order valence-corrected chi connectivity index (χ0v) is 72.1. The molecule has 0 aliphatic carbocycles. The molecule has 37 nitrogen and oxygen atoms in total. The molecular formula is C82H127N17O20. The van der Waals surface area contributed by atoms with Gasteiger partial charge in [-0.3, -0.25) is 81.5 Å². The number of primary amides is 1. The number of hydrogen-bond donors (Lipinski definition) is 17. The highest BCUT2D eigenvalue weighted by atomic mass is 16.3. The van der Waals surface area contributed by atoms with Crippen molar-refractivity contribution in [2.24, 2.45) is 11.7 Å². The zero-order valence-electron chi connectivity index (χ0n) is 72.1. The molecule has 17 amide bonds. The summed E-state index contributed by atoms with van der Waals surface area (Å²) in [5.41, 5.74) is -6.99. The van der Waals surface area contributed by atoms with Gasteiger partial charge < -0.3 is 105 Å². The van der Waals surface area contributed by atoms with Crippen LogP contribution < -0.4 is 74.9 Å². The molecule has 2 aromatic rings. The molecule has 11 atom stereocenters. The van der Waals surface area contributed by atoms with E-state index in [1.54, 1.807) is 58.0 Å². The lowest BCUT2D eigenvalue weighted by Crippen LogP contribution is -2.68. The van der Waals surface area contributed by atoms with E-state index < -0.39 is 225 Å². The van der Waals surface area contributed by atoms with Crippen LogP contribution in [0.1, 0.15) is 200 Å². The number of nitrogens with one attached hydrogen (secondary N) is 13. The van der Waals surface area contributed by atoms with Crippen LogP contribution in [-0.2, 0) is 94.3 Å². The predicted molar refractivity (Wildman–Crippen MR) is 436 cm³/mol. The lowest BCUT2D eigenvalue weighted by atomic mass is 9.93. The topological polar surface area (TPSA) is 543 Å². The van der Waals surface area contributed by atoms with Crippen molar-refractivity contribution < 1.29 is 96.8 Å². The molecule has 0 spiro atoms. The van der Waals surface area contributed by atoms with Crippen LogP contribution in [-0.4, -0.2) is 262 Å². The minimum Gasteiger partial charge on any atom is -0.394 e. The number of hydrogen-bond acceptors (Lipinski definition) is 20. The van der Waals surface area contributed by atoms with Crippen LogP contribution in [0.3, 0.4) is 0 Å². The van der Waals surface area contributed by atoms with Gasteiger partial charge in [0.25, 0.3) is 0 Å². The maximum Gasteiger partial charge on any atom is 0.248 e. The van der Waals surface area contributed by atoms with Gasteiger partial charge >= 0.3 is 0 Å². The number of nitrogens with zero attached hydrogens (tertiary/aromatic N) is 3. The number of rotatable bonds is 40. The van der Waals surface area contributed by atoms with Gasteiger partial charge in [-0.25, -0.2) is 0 Å².